The van der Waals surface area contributed by atoms with Crippen LogP contribution in [0.15, 0.2) is 47.9 Å². The molecule has 0 spiro atoms. The number of para-hydroxylation sites is 1. The van der Waals surface area contributed by atoms with Crippen LogP contribution in [-0.4, -0.2) is 65.4 Å². The monoisotopic (exact) mass is 392 g/mol. The molecule has 0 N–H and O–H groups in total. The molecule has 2 aromatic rings. The lowest BCUT2D eigenvalue weighted by atomic mass is 10.3. The number of ether oxygens (including phenoxy) is 1. The number of nitrogens with zero attached hydrogens (tertiary/aromatic N) is 4. The zero-order chi connectivity index (χ0) is 19.4. The number of benzene rings is 1. The molecule has 1 saturated heterocycles. The fraction of sp³-hybridized carbons (Fsp3) is 0.444. The van der Waals surface area contributed by atoms with Gasteiger partial charge in [-0.25, -0.2) is 13.4 Å². The van der Waals surface area contributed by atoms with E-state index < -0.39 is 16.1 Å². The van der Waals surface area contributed by atoms with Crippen LogP contribution < -0.4 is 4.74 Å². The lowest BCUT2D eigenvalue weighted by Gasteiger charge is -2.25. The third-order valence-electron chi connectivity index (χ3n) is 4.46. The first-order valence-electron chi connectivity index (χ1n) is 8.86. The first-order chi connectivity index (χ1) is 12.9. The molecule has 1 atom stereocenters. The van der Waals surface area contributed by atoms with Gasteiger partial charge in [0.1, 0.15) is 5.75 Å². The van der Waals surface area contributed by atoms with Crippen LogP contribution >= 0.6 is 0 Å². The summed E-state index contributed by atoms with van der Waals surface area (Å²) in [5.74, 6) is 0.489. The van der Waals surface area contributed by atoms with Crippen molar-refractivity contribution in [2.24, 2.45) is 7.05 Å². The van der Waals surface area contributed by atoms with Gasteiger partial charge in [-0.2, -0.15) is 4.31 Å². The third-order valence-corrected chi connectivity index (χ3v) is 6.24. The number of carbonyl (C=O) groups is 1. The van der Waals surface area contributed by atoms with E-state index in [0.717, 1.165) is 0 Å². The summed E-state index contributed by atoms with van der Waals surface area (Å²) in [6, 6.07) is 9.17. The van der Waals surface area contributed by atoms with Crippen molar-refractivity contribution in [3.05, 3.63) is 42.9 Å². The molecule has 1 aliphatic heterocycles. The van der Waals surface area contributed by atoms with Crippen LogP contribution in [-0.2, 0) is 21.9 Å². The minimum Gasteiger partial charge on any atom is -0.481 e. The molecule has 3 rings (SSSR count). The Balaban J connectivity index is 1.63. The number of aromatic nitrogens is 2. The quantitative estimate of drug-likeness (QED) is 0.761. The Bertz CT molecular complexity index is 882. The van der Waals surface area contributed by atoms with E-state index in [9.17, 15) is 13.2 Å². The Morgan fingerprint density at radius 2 is 1.89 bits per heavy atom. The van der Waals surface area contributed by atoms with Crippen LogP contribution in [0.3, 0.4) is 0 Å². The van der Waals surface area contributed by atoms with E-state index in [4.69, 9.17) is 4.74 Å². The summed E-state index contributed by atoms with van der Waals surface area (Å²) >= 11 is 0. The number of hydrogen-bond donors (Lipinski definition) is 0. The predicted molar refractivity (Wildman–Crippen MR) is 99.7 cm³/mol. The second kappa shape index (κ2) is 8.10. The molecule has 8 nitrogen and oxygen atoms in total. The number of imidazole rings is 1. The SMILES string of the molecule is C[C@@H](Oc1ccccc1)C(=O)N1CCCN(S(=O)(=O)c2cn(C)cn2)CC1. The van der Waals surface area contributed by atoms with E-state index in [1.165, 1.54) is 16.8 Å². The summed E-state index contributed by atoms with van der Waals surface area (Å²) in [6.45, 7) is 3.13. The van der Waals surface area contributed by atoms with Crippen LogP contribution in [0.2, 0.25) is 0 Å². The largest absolute Gasteiger partial charge is 0.481 e. The van der Waals surface area contributed by atoms with Crippen molar-refractivity contribution >= 4 is 15.9 Å². The maximum Gasteiger partial charge on any atom is 0.263 e. The predicted octanol–water partition coefficient (Wildman–Crippen LogP) is 1.11. The lowest BCUT2D eigenvalue weighted by Crippen LogP contribution is -2.43. The first-order valence-corrected chi connectivity index (χ1v) is 10.3. The molecular formula is C18H24N4O4S. The molecule has 1 aromatic heterocycles. The molecule has 0 aliphatic carbocycles. The molecule has 0 bridgehead atoms. The molecule has 27 heavy (non-hydrogen) atoms. The van der Waals surface area contributed by atoms with Gasteiger partial charge in [0.15, 0.2) is 11.1 Å². The van der Waals surface area contributed by atoms with Crippen molar-refractivity contribution < 1.29 is 17.9 Å². The van der Waals surface area contributed by atoms with Gasteiger partial charge in [0.25, 0.3) is 15.9 Å². The van der Waals surface area contributed by atoms with Gasteiger partial charge in [0, 0.05) is 39.4 Å². The van der Waals surface area contributed by atoms with Crippen molar-refractivity contribution in [1.29, 1.82) is 0 Å². The normalized spacial score (nSPS) is 17.3. The summed E-state index contributed by atoms with van der Waals surface area (Å²) in [6.07, 6.45) is 2.88. The van der Waals surface area contributed by atoms with Crippen LogP contribution in [0.25, 0.3) is 0 Å². The molecule has 0 saturated carbocycles. The maximum atomic E-state index is 12.7. The van der Waals surface area contributed by atoms with Crippen LogP contribution in [0.1, 0.15) is 13.3 Å². The van der Waals surface area contributed by atoms with Crippen molar-refractivity contribution in [3.63, 3.8) is 0 Å². The van der Waals surface area contributed by atoms with Crippen LogP contribution in [0.5, 0.6) is 5.75 Å². The number of hydrogen-bond acceptors (Lipinski definition) is 5. The molecule has 1 amide bonds. The summed E-state index contributed by atoms with van der Waals surface area (Å²) in [5.41, 5.74) is 0. The standard InChI is InChI=1S/C18H24N4O4S/c1-15(26-16-7-4-3-5-8-16)18(23)21-9-6-10-22(12-11-21)27(24,25)17-13-20(2)14-19-17/h3-5,7-8,13-15H,6,9-12H2,1-2H3/t15-/m1/s1. The zero-order valence-corrected chi connectivity index (χ0v) is 16.3. The molecule has 1 fully saturated rings. The Morgan fingerprint density at radius 3 is 2.56 bits per heavy atom. The summed E-state index contributed by atoms with van der Waals surface area (Å²) in [5, 5.41) is 0.0329. The van der Waals surface area contributed by atoms with Gasteiger partial charge in [-0.3, -0.25) is 4.79 Å². The highest BCUT2D eigenvalue weighted by Crippen LogP contribution is 2.17. The van der Waals surface area contributed by atoms with E-state index in [1.54, 1.807) is 35.6 Å². The average molecular weight is 392 g/mol. The number of carbonyl (C=O) groups excluding carboxylic acids is 1. The highest BCUT2D eigenvalue weighted by Gasteiger charge is 2.31. The second-order valence-corrected chi connectivity index (χ2v) is 8.42. The Labute approximate surface area is 159 Å². The molecule has 1 aliphatic rings. The first kappa shape index (κ1) is 19.4. The van der Waals surface area contributed by atoms with Gasteiger partial charge in [-0.15, -0.1) is 0 Å². The Kier molecular flexibility index (Phi) is 5.81. The van der Waals surface area contributed by atoms with Gasteiger partial charge in [0.2, 0.25) is 0 Å². The van der Waals surface area contributed by atoms with E-state index in [-0.39, 0.29) is 17.5 Å². The molecule has 0 radical (unpaired) electrons. The molecule has 146 valence electrons. The van der Waals surface area contributed by atoms with Crippen molar-refractivity contribution in [1.82, 2.24) is 18.8 Å². The van der Waals surface area contributed by atoms with Crippen molar-refractivity contribution in [2.45, 2.75) is 24.5 Å². The van der Waals surface area contributed by atoms with E-state index in [1.807, 2.05) is 18.2 Å². The summed E-state index contributed by atoms with van der Waals surface area (Å²) < 4.78 is 34.1. The summed E-state index contributed by atoms with van der Waals surface area (Å²) in [7, 11) is -1.93. The van der Waals surface area contributed by atoms with Gasteiger partial charge in [-0.05, 0) is 25.5 Å². The number of amides is 1. The molecule has 2 heterocycles. The third kappa shape index (κ3) is 4.48. The number of sulfonamides is 1. The number of rotatable bonds is 5. The van der Waals surface area contributed by atoms with Gasteiger partial charge in [0.05, 0.1) is 6.33 Å². The van der Waals surface area contributed by atoms with E-state index in [0.29, 0.717) is 31.8 Å². The van der Waals surface area contributed by atoms with Gasteiger partial charge >= 0.3 is 0 Å². The Morgan fingerprint density at radius 1 is 1.15 bits per heavy atom. The van der Waals surface area contributed by atoms with Crippen LogP contribution in [0.4, 0.5) is 0 Å². The molecule has 1 aromatic carbocycles. The minimum absolute atomic E-state index is 0.0329. The topological polar surface area (TPSA) is 84.7 Å². The maximum absolute atomic E-state index is 12.7. The highest BCUT2D eigenvalue weighted by molar-refractivity contribution is 7.89. The second-order valence-electron chi connectivity index (χ2n) is 6.53. The zero-order valence-electron chi connectivity index (χ0n) is 15.5. The Hall–Kier alpha value is -2.39. The van der Waals surface area contributed by atoms with E-state index >= 15 is 0 Å². The highest BCUT2D eigenvalue weighted by atomic mass is 32.2. The van der Waals surface area contributed by atoms with Gasteiger partial charge < -0.3 is 14.2 Å². The summed E-state index contributed by atoms with van der Waals surface area (Å²) in [4.78, 5) is 18.3. The molecular weight excluding hydrogens is 368 g/mol. The van der Waals surface area contributed by atoms with Crippen molar-refractivity contribution in [3.8, 4) is 5.75 Å². The molecule has 9 heteroatoms. The minimum atomic E-state index is -3.65. The van der Waals surface area contributed by atoms with Crippen LogP contribution in [0, 0.1) is 0 Å². The number of aryl methyl sites for hydroxylation is 1. The smallest absolute Gasteiger partial charge is 0.263 e. The average Bonchev–Trinajstić information content (AvgIpc) is 2.95. The fourth-order valence-electron chi connectivity index (χ4n) is 3.02. The van der Waals surface area contributed by atoms with Gasteiger partial charge in [-0.1, -0.05) is 18.2 Å². The lowest BCUT2D eigenvalue weighted by molar-refractivity contribution is -0.137. The van der Waals surface area contributed by atoms with Crippen molar-refractivity contribution in [2.75, 3.05) is 26.2 Å². The van der Waals surface area contributed by atoms with E-state index in [2.05, 4.69) is 4.98 Å². The fourth-order valence-corrected chi connectivity index (χ4v) is 4.46. The molecule has 0 unspecified atom stereocenters.